The Bertz CT molecular complexity index is 283. The lowest BCUT2D eigenvalue weighted by Gasteiger charge is -2.35. The van der Waals surface area contributed by atoms with E-state index in [-0.39, 0.29) is 11.8 Å². The number of carbonyl (C=O) groups is 1. The SMILES string of the molecule is CCCCC(C(=O)NCCC)C(O)N(CC(C)C)CC(C)C. The minimum atomic E-state index is -0.687. The van der Waals surface area contributed by atoms with Gasteiger partial charge >= 0.3 is 0 Å². The van der Waals surface area contributed by atoms with E-state index >= 15 is 0 Å². The number of carbonyl (C=O) groups excluding carboxylic acids is 1. The largest absolute Gasteiger partial charge is 0.378 e. The van der Waals surface area contributed by atoms with Gasteiger partial charge in [0, 0.05) is 19.6 Å². The zero-order chi connectivity index (χ0) is 17.1. The molecule has 0 aliphatic heterocycles. The summed E-state index contributed by atoms with van der Waals surface area (Å²) in [4.78, 5) is 14.5. The first-order valence-electron chi connectivity index (χ1n) is 9.03. The number of aliphatic hydroxyl groups excluding tert-OH is 1. The molecule has 2 unspecified atom stereocenters. The summed E-state index contributed by atoms with van der Waals surface area (Å²) in [7, 11) is 0. The molecule has 0 saturated heterocycles. The first-order chi connectivity index (χ1) is 10.3. The molecular formula is C18H38N2O2. The summed E-state index contributed by atoms with van der Waals surface area (Å²) in [6.45, 7) is 15.1. The standard InChI is InChI=1S/C18H38N2O2/c1-7-9-10-16(17(21)19-11-8-2)18(22)20(12-14(3)4)13-15(5)6/h14-16,18,22H,7-13H2,1-6H3,(H,19,21). The summed E-state index contributed by atoms with van der Waals surface area (Å²) >= 11 is 0. The van der Waals surface area contributed by atoms with E-state index in [4.69, 9.17) is 0 Å². The molecule has 4 heteroatoms. The van der Waals surface area contributed by atoms with Crippen molar-refractivity contribution < 1.29 is 9.90 Å². The van der Waals surface area contributed by atoms with E-state index in [1.54, 1.807) is 0 Å². The van der Waals surface area contributed by atoms with Crippen LogP contribution in [0.2, 0.25) is 0 Å². The third-order valence-electron chi connectivity index (χ3n) is 3.69. The molecule has 0 aromatic heterocycles. The Morgan fingerprint density at radius 2 is 1.59 bits per heavy atom. The quantitative estimate of drug-likeness (QED) is 0.544. The van der Waals surface area contributed by atoms with Gasteiger partial charge in [0.15, 0.2) is 0 Å². The monoisotopic (exact) mass is 314 g/mol. The molecule has 0 spiro atoms. The molecule has 132 valence electrons. The van der Waals surface area contributed by atoms with Crippen LogP contribution >= 0.6 is 0 Å². The molecule has 4 nitrogen and oxygen atoms in total. The smallest absolute Gasteiger partial charge is 0.227 e. The van der Waals surface area contributed by atoms with Gasteiger partial charge in [-0.2, -0.15) is 0 Å². The summed E-state index contributed by atoms with van der Waals surface area (Å²) in [6, 6.07) is 0. The number of hydrogen-bond donors (Lipinski definition) is 2. The second kappa shape index (κ2) is 11.9. The van der Waals surface area contributed by atoms with Gasteiger partial charge in [0.2, 0.25) is 5.91 Å². The summed E-state index contributed by atoms with van der Waals surface area (Å²) < 4.78 is 0. The molecule has 0 aliphatic rings. The Balaban J connectivity index is 4.97. The summed E-state index contributed by atoms with van der Waals surface area (Å²) in [6.07, 6.45) is 2.99. The number of unbranched alkanes of at least 4 members (excludes halogenated alkanes) is 1. The molecule has 2 N–H and O–H groups in total. The van der Waals surface area contributed by atoms with Crippen LogP contribution in [-0.4, -0.2) is 41.8 Å². The predicted molar refractivity (Wildman–Crippen MR) is 93.6 cm³/mol. The fourth-order valence-electron chi connectivity index (χ4n) is 2.70. The Hall–Kier alpha value is -0.610. The van der Waals surface area contributed by atoms with E-state index < -0.39 is 6.23 Å². The lowest BCUT2D eigenvalue weighted by Crippen LogP contribution is -2.49. The molecule has 0 aliphatic carbocycles. The highest BCUT2D eigenvalue weighted by molar-refractivity contribution is 5.79. The van der Waals surface area contributed by atoms with Gasteiger partial charge in [0.05, 0.1) is 5.92 Å². The minimum absolute atomic E-state index is 0.000289. The van der Waals surface area contributed by atoms with Crippen molar-refractivity contribution in [3.05, 3.63) is 0 Å². The van der Waals surface area contributed by atoms with Crippen LogP contribution in [0.25, 0.3) is 0 Å². The van der Waals surface area contributed by atoms with Crippen molar-refractivity contribution in [3.63, 3.8) is 0 Å². The second-order valence-corrected chi connectivity index (χ2v) is 7.19. The van der Waals surface area contributed by atoms with E-state index in [2.05, 4.69) is 44.8 Å². The summed E-state index contributed by atoms with van der Waals surface area (Å²) in [5.41, 5.74) is 0. The Morgan fingerprint density at radius 1 is 1.05 bits per heavy atom. The molecule has 0 saturated carbocycles. The third-order valence-corrected chi connectivity index (χ3v) is 3.69. The molecule has 2 atom stereocenters. The van der Waals surface area contributed by atoms with Crippen LogP contribution in [-0.2, 0) is 4.79 Å². The molecule has 0 heterocycles. The van der Waals surface area contributed by atoms with Crippen molar-refractivity contribution in [2.75, 3.05) is 19.6 Å². The van der Waals surface area contributed by atoms with E-state index in [1.165, 1.54) is 0 Å². The maximum absolute atomic E-state index is 12.4. The zero-order valence-corrected chi connectivity index (χ0v) is 15.6. The van der Waals surface area contributed by atoms with Gasteiger partial charge in [-0.15, -0.1) is 0 Å². The lowest BCUT2D eigenvalue weighted by molar-refractivity contribution is -0.136. The highest BCUT2D eigenvalue weighted by Gasteiger charge is 2.31. The molecule has 0 aromatic carbocycles. The fraction of sp³-hybridized carbons (Fsp3) is 0.944. The van der Waals surface area contributed by atoms with Crippen LogP contribution in [0.1, 0.15) is 67.2 Å². The van der Waals surface area contributed by atoms with Crippen molar-refractivity contribution in [3.8, 4) is 0 Å². The van der Waals surface area contributed by atoms with Crippen molar-refractivity contribution in [2.45, 2.75) is 73.5 Å². The van der Waals surface area contributed by atoms with Gasteiger partial charge in [-0.25, -0.2) is 0 Å². The summed E-state index contributed by atoms with van der Waals surface area (Å²) in [5, 5.41) is 13.8. The van der Waals surface area contributed by atoms with E-state index in [0.29, 0.717) is 18.4 Å². The molecule has 0 rings (SSSR count). The highest BCUT2D eigenvalue weighted by Crippen LogP contribution is 2.19. The molecule has 0 radical (unpaired) electrons. The van der Waals surface area contributed by atoms with Crippen molar-refractivity contribution in [2.24, 2.45) is 17.8 Å². The van der Waals surface area contributed by atoms with Crippen LogP contribution in [0.15, 0.2) is 0 Å². The van der Waals surface area contributed by atoms with Crippen molar-refractivity contribution in [1.29, 1.82) is 0 Å². The van der Waals surface area contributed by atoms with Gasteiger partial charge in [-0.1, -0.05) is 54.4 Å². The average Bonchev–Trinajstić information content (AvgIpc) is 2.43. The van der Waals surface area contributed by atoms with Crippen LogP contribution in [0.3, 0.4) is 0 Å². The van der Waals surface area contributed by atoms with Gasteiger partial charge in [-0.3, -0.25) is 9.69 Å². The minimum Gasteiger partial charge on any atom is -0.378 e. The zero-order valence-electron chi connectivity index (χ0n) is 15.6. The van der Waals surface area contributed by atoms with Crippen LogP contribution in [0.5, 0.6) is 0 Å². The van der Waals surface area contributed by atoms with Crippen LogP contribution < -0.4 is 5.32 Å². The third kappa shape index (κ3) is 8.74. The van der Waals surface area contributed by atoms with E-state index in [0.717, 1.165) is 38.8 Å². The number of rotatable bonds is 12. The Morgan fingerprint density at radius 3 is 2.00 bits per heavy atom. The maximum atomic E-state index is 12.4. The first-order valence-corrected chi connectivity index (χ1v) is 9.03. The molecule has 0 fully saturated rings. The number of nitrogens with zero attached hydrogens (tertiary/aromatic N) is 1. The number of nitrogens with one attached hydrogen (secondary N) is 1. The molecule has 22 heavy (non-hydrogen) atoms. The van der Waals surface area contributed by atoms with Crippen molar-refractivity contribution in [1.82, 2.24) is 10.2 Å². The highest BCUT2D eigenvalue weighted by atomic mass is 16.3. The normalized spacial score (nSPS) is 14.6. The number of aliphatic hydroxyl groups is 1. The molecule has 0 bridgehead atoms. The van der Waals surface area contributed by atoms with Gasteiger partial charge < -0.3 is 10.4 Å². The van der Waals surface area contributed by atoms with E-state index in [9.17, 15) is 9.90 Å². The summed E-state index contributed by atoms with van der Waals surface area (Å²) in [5.74, 6) is 0.613. The Labute approximate surface area is 137 Å². The van der Waals surface area contributed by atoms with Gasteiger partial charge in [-0.05, 0) is 24.7 Å². The van der Waals surface area contributed by atoms with Crippen LogP contribution in [0.4, 0.5) is 0 Å². The van der Waals surface area contributed by atoms with E-state index in [1.807, 2.05) is 6.92 Å². The van der Waals surface area contributed by atoms with Crippen LogP contribution in [0, 0.1) is 17.8 Å². The molecular weight excluding hydrogens is 276 g/mol. The predicted octanol–water partition coefficient (Wildman–Crippen LogP) is 3.25. The molecule has 1 amide bonds. The number of hydrogen-bond acceptors (Lipinski definition) is 3. The molecule has 0 aromatic rings. The lowest BCUT2D eigenvalue weighted by atomic mass is 9.97. The maximum Gasteiger partial charge on any atom is 0.227 e. The Kier molecular flexibility index (Phi) is 11.6. The second-order valence-electron chi connectivity index (χ2n) is 7.19. The first kappa shape index (κ1) is 21.4. The fourth-order valence-corrected chi connectivity index (χ4v) is 2.70. The van der Waals surface area contributed by atoms with Gasteiger partial charge in [0.1, 0.15) is 6.23 Å². The topological polar surface area (TPSA) is 52.6 Å². The average molecular weight is 315 g/mol. The number of amides is 1. The van der Waals surface area contributed by atoms with Gasteiger partial charge in [0.25, 0.3) is 0 Å². The van der Waals surface area contributed by atoms with Crippen molar-refractivity contribution >= 4 is 5.91 Å².